The van der Waals surface area contributed by atoms with Gasteiger partial charge in [0.2, 0.25) is 0 Å². The van der Waals surface area contributed by atoms with E-state index in [0.717, 1.165) is 19.3 Å². The maximum Gasteiger partial charge on any atom is 0.311 e. The first-order valence-corrected chi connectivity index (χ1v) is 10.9. The minimum Gasteiger partial charge on any atom is -0.462 e. The molecule has 28 heavy (non-hydrogen) atoms. The number of hydrogen-bond donors (Lipinski definition) is 1. The molecule has 1 aromatic carbocycles. The van der Waals surface area contributed by atoms with Crippen molar-refractivity contribution >= 4 is 5.97 Å². The summed E-state index contributed by atoms with van der Waals surface area (Å²) in [6.07, 6.45) is 3.81. The third kappa shape index (κ3) is 7.95. The van der Waals surface area contributed by atoms with E-state index in [4.69, 9.17) is 4.74 Å². The van der Waals surface area contributed by atoms with Crippen molar-refractivity contribution in [1.29, 1.82) is 0 Å². The summed E-state index contributed by atoms with van der Waals surface area (Å²) in [5, 5.41) is 3.60. The molecule has 0 amide bonds. The van der Waals surface area contributed by atoms with Crippen LogP contribution in [0.5, 0.6) is 0 Å². The zero-order valence-corrected chi connectivity index (χ0v) is 19.7. The zero-order valence-electron chi connectivity index (χ0n) is 19.7. The highest BCUT2D eigenvalue weighted by molar-refractivity contribution is 5.76. The molecule has 0 radical (unpaired) electrons. The monoisotopic (exact) mass is 389 g/mol. The lowest BCUT2D eigenvalue weighted by Gasteiger charge is -2.46. The third-order valence-corrected chi connectivity index (χ3v) is 5.84. The molecule has 1 heterocycles. The number of nitrogens with one attached hydrogen (secondary N) is 1. The highest BCUT2D eigenvalue weighted by atomic mass is 16.5. The van der Waals surface area contributed by atoms with Crippen LogP contribution in [0.3, 0.4) is 0 Å². The number of piperidine rings is 1. The Hall–Kier alpha value is -1.35. The first-order valence-electron chi connectivity index (χ1n) is 10.9. The van der Waals surface area contributed by atoms with Crippen molar-refractivity contribution in [2.45, 2.75) is 111 Å². The van der Waals surface area contributed by atoms with Crippen LogP contribution in [-0.2, 0) is 9.53 Å². The Kier molecular flexibility index (Phi) is 8.74. The minimum atomic E-state index is -0.376. The number of hydrogen-bond acceptors (Lipinski definition) is 3. The zero-order chi connectivity index (χ0) is 21.6. The van der Waals surface area contributed by atoms with E-state index in [0.29, 0.717) is 5.92 Å². The Balaban J connectivity index is 0.000000330. The molecule has 0 aromatic heterocycles. The second-order valence-electron chi connectivity index (χ2n) is 10.3. The molecule has 0 saturated carbocycles. The van der Waals surface area contributed by atoms with Gasteiger partial charge in [0.05, 0.1) is 5.41 Å². The van der Waals surface area contributed by atoms with Crippen LogP contribution in [0, 0.1) is 5.41 Å². The van der Waals surface area contributed by atoms with Gasteiger partial charge in [0.1, 0.15) is 6.10 Å². The van der Waals surface area contributed by atoms with Gasteiger partial charge < -0.3 is 10.1 Å². The summed E-state index contributed by atoms with van der Waals surface area (Å²) in [5.74, 6) is 0.643. The molecule has 0 bridgehead atoms. The summed E-state index contributed by atoms with van der Waals surface area (Å²) < 4.78 is 5.74. The Morgan fingerprint density at radius 1 is 1.11 bits per heavy atom. The van der Waals surface area contributed by atoms with Crippen LogP contribution in [0.2, 0.25) is 0 Å². The van der Waals surface area contributed by atoms with E-state index < -0.39 is 0 Å². The van der Waals surface area contributed by atoms with Crippen LogP contribution in [0.25, 0.3) is 0 Å². The molecule has 0 aliphatic carbocycles. The van der Waals surface area contributed by atoms with Crippen molar-refractivity contribution in [3.63, 3.8) is 0 Å². The molecule has 1 aliphatic rings. The van der Waals surface area contributed by atoms with Crippen molar-refractivity contribution in [3.05, 3.63) is 35.9 Å². The van der Waals surface area contributed by atoms with E-state index in [9.17, 15) is 4.79 Å². The van der Waals surface area contributed by atoms with E-state index in [1.807, 2.05) is 20.8 Å². The highest BCUT2D eigenvalue weighted by Crippen LogP contribution is 2.32. The van der Waals surface area contributed by atoms with Crippen molar-refractivity contribution in [1.82, 2.24) is 5.32 Å². The second-order valence-corrected chi connectivity index (χ2v) is 10.3. The van der Waals surface area contributed by atoms with Gasteiger partial charge in [0.15, 0.2) is 0 Å². The highest BCUT2D eigenvalue weighted by Gasteiger charge is 2.40. The van der Waals surface area contributed by atoms with Crippen LogP contribution in [0.1, 0.15) is 99.5 Å². The predicted molar refractivity (Wildman–Crippen MR) is 120 cm³/mol. The molecule has 0 spiro atoms. The normalized spacial score (nSPS) is 19.9. The van der Waals surface area contributed by atoms with Gasteiger partial charge in [-0.1, -0.05) is 51.1 Å². The van der Waals surface area contributed by atoms with Gasteiger partial charge >= 0.3 is 5.97 Å². The summed E-state index contributed by atoms with van der Waals surface area (Å²) in [5.41, 5.74) is 1.11. The van der Waals surface area contributed by atoms with E-state index in [1.165, 1.54) is 12.0 Å². The topological polar surface area (TPSA) is 38.3 Å². The number of carbonyl (C=O) groups is 1. The minimum absolute atomic E-state index is 0.0169. The van der Waals surface area contributed by atoms with Crippen LogP contribution in [0.4, 0.5) is 0 Å². The van der Waals surface area contributed by atoms with Gasteiger partial charge in [0.25, 0.3) is 0 Å². The lowest BCUT2D eigenvalue weighted by atomic mass is 9.80. The molecule has 160 valence electrons. The molecule has 1 aliphatic heterocycles. The standard InChI is InChI=1S/C15H29NO2.C10H14/c1-8-13(2,3)12(17)18-11-9-14(4,5)16-15(6,7)10-11;1-3-9(2)10-7-5-4-6-8-10/h11,16H,8-10H2,1-7H3;4-9H,3H2,1-2H3. The summed E-state index contributed by atoms with van der Waals surface area (Å²) in [4.78, 5) is 12.1. The summed E-state index contributed by atoms with van der Waals surface area (Å²) >= 11 is 0. The number of carbonyl (C=O) groups excluding carboxylic acids is 1. The maximum absolute atomic E-state index is 12.1. The lowest BCUT2D eigenvalue weighted by Crippen LogP contribution is -2.60. The van der Waals surface area contributed by atoms with Crippen molar-refractivity contribution in [2.75, 3.05) is 0 Å². The maximum atomic E-state index is 12.1. The molecular formula is C25H43NO2. The number of benzene rings is 1. The fraction of sp³-hybridized carbons (Fsp3) is 0.720. The average Bonchev–Trinajstić information content (AvgIpc) is 2.59. The van der Waals surface area contributed by atoms with Gasteiger partial charge in [-0.15, -0.1) is 0 Å². The van der Waals surface area contributed by atoms with Crippen LogP contribution < -0.4 is 5.32 Å². The fourth-order valence-corrected chi connectivity index (χ4v) is 3.78. The van der Waals surface area contributed by atoms with Crippen molar-refractivity contribution in [3.8, 4) is 0 Å². The molecule has 1 unspecified atom stereocenters. The first kappa shape index (κ1) is 24.7. The van der Waals surface area contributed by atoms with E-state index in [-0.39, 0.29) is 28.6 Å². The summed E-state index contributed by atoms with van der Waals surface area (Å²) in [6.45, 7) is 19.1. The Morgan fingerprint density at radius 3 is 2.04 bits per heavy atom. The smallest absolute Gasteiger partial charge is 0.311 e. The van der Waals surface area contributed by atoms with Gasteiger partial charge in [0, 0.05) is 23.9 Å². The second kappa shape index (κ2) is 9.91. The molecule has 3 nitrogen and oxygen atoms in total. The fourth-order valence-electron chi connectivity index (χ4n) is 3.78. The quantitative estimate of drug-likeness (QED) is 0.586. The van der Waals surface area contributed by atoms with Gasteiger partial charge in [-0.25, -0.2) is 0 Å². The van der Waals surface area contributed by atoms with Crippen LogP contribution in [0.15, 0.2) is 30.3 Å². The number of esters is 1. The van der Waals surface area contributed by atoms with Gasteiger partial charge in [-0.3, -0.25) is 4.79 Å². The van der Waals surface area contributed by atoms with E-state index in [1.54, 1.807) is 0 Å². The third-order valence-electron chi connectivity index (χ3n) is 5.84. The molecular weight excluding hydrogens is 346 g/mol. The molecule has 2 rings (SSSR count). The van der Waals surface area contributed by atoms with Gasteiger partial charge in [-0.05, 0) is 65.9 Å². The summed E-state index contributed by atoms with van der Waals surface area (Å²) in [7, 11) is 0. The van der Waals surface area contributed by atoms with Gasteiger partial charge in [-0.2, -0.15) is 0 Å². The lowest BCUT2D eigenvalue weighted by molar-refractivity contribution is -0.163. The first-order chi connectivity index (χ1) is 12.8. The average molecular weight is 390 g/mol. The number of ether oxygens (including phenoxy) is 1. The molecule has 3 heteroatoms. The van der Waals surface area contributed by atoms with Crippen LogP contribution in [-0.4, -0.2) is 23.2 Å². The van der Waals surface area contributed by atoms with Crippen molar-refractivity contribution < 1.29 is 9.53 Å². The van der Waals surface area contributed by atoms with E-state index >= 15 is 0 Å². The predicted octanol–water partition coefficient (Wildman–Crippen LogP) is 6.48. The summed E-state index contributed by atoms with van der Waals surface area (Å²) in [6, 6.07) is 10.6. The molecule has 1 aromatic rings. The van der Waals surface area contributed by atoms with Crippen molar-refractivity contribution in [2.24, 2.45) is 5.41 Å². The largest absolute Gasteiger partial charge is 0.462 e. The molecule has 1 saturated heterocycles. The Bertz CT molecular complexity index is 588. The SMILES string of the molecule is CCC(C)(C)C(=O)OC1CC(C)(C)NC(C)(C)C1.CCC(C)c1ccccc1. The van der Waals surface area contributed by atoms with Crippen LogP contribution >= 0.6 is 0 Å². The molecule has 1 atom stereocenters. The Labute approximate surface area is 173 Å². The Morgan fingerprint density at radius 2 is 1.61 bits per heavy atom. The molecule has 1 fully saturated rings. The van der Waals surface area contributed by atoms with E-state index in [2.05, 4.69) is 77.2 Å². The number of rotatable bonds is 5. The molecule has 1 N–H and O–H groups in total.